The molecule has 0 spiro atoms. The van der Waals surface area contributed by atoms with E-state index in [9.17, 15) is 9.90 Å². The van der Waals surface area contributed by atoms with Crippen molar-refractivity contribution in [2.45, 2.75) is 32.6 Å². The number of rotatable bonds is 9. The lowest BCUT2D eigenvalue weighted by molar-refractivity contribution is -0.136. The highest BCUT2D eigenvalue weighted by Gasteiger charge is 2.18. The van der Waals surface area contributed by atoms with Crippen molar-refractivity contribution in [3.8, 4) is 0 Å². The smallest absolute Gasteiger partial charge is 0.307 e. The highest BCUT2D eigenvalue weighted by molar-refractivity contribution is 6.39. The van der Waals surface area contributed by atoms with Gasteiger partial charge >= 0.3 is 5.97 Å². The van der Waals surface area contributed by atoms with E-state index in [4.69, 9.17) is 23.2 Å². The van der Waals surface area contributed by atoms with E-state index < -0.39 is 5.97 Å². The molecule has 2 aromatic carbocycles. The van der Waals surface area contributed by atoms with Crippen LogP contribution in [0, 0.1) is 0 Å². The van der Waals surface area contributed by atoms with Crippen molar-refractivity contribution in [3.05, 3.63) is 70.2 Å². The van der Waals surface area contributed by atoms with E-state index in [0.717, 1.165) is 30.5 Å². The van der Waals surface area contributed by atoms with Crippen molar-refractivity contribution in [2.75, 3.05) is 11.4 Å². The van der Waals surface area contributed by atoms with Gasteiger partial charge in [0, 0.05) is 12.2 Å². The standard InChI is InChI=1S/C21H23Cl2NO2/c1-2-3-4-5-8-14-24(21-17(22)11-9-12-18(21)23)19-13-7-6-10-16(19)15-20(25)26/h5-13H,2-4,14-15H2,1H3,(H,25,26). The number of anilines is 2. The number of carboxylic acid groups (broad SMARTS) is 1. The van der Waals surface area contributed by atoms with E-state index in [1.807, 2.05) is 29.2 Å². The van der Waals surface area contributed by atoms with E-state index in [0.29, 0.717) is 22.3 Å². The first-order chi connectivity index (χ1) is 12.5. The summed E-state index contributed by atoms with van der Waals surface area (Å²) in [5.74, 6) is -0.874. The summed E-state index contributed by atoms with van der Waals surface area (Å²) in [5, 5.41) is 10.3. The zero-order valence-corrected chi connectivity index (χ0v) is 16.3. The van der Waals surface area contributed by atoms with E-state index in [2.05, 4.69) is 19.1 Å². The molecule has 26 heavy (non-hydrogen) atoms. The summed E-state index contributed by atoms with van der Waals surface area (Å²) in [6, 6.07) is 12.8. The van der Waals surface area contributed by atoms with Crippen LogP contribution in [0.1, 0.15) is 31.7 Å². The average Bonchev–Trinajstić information content (AvgIpc) is 2.60. The highest BCUT2D eigenvalue weighted by Crippen LogP contribution is 2.39. The SMILES string of the molecule is CCCCC=CCN(c1ccccc1CC(=O)O)c1c(Cl)cccc1Cl. The lowest BCUT2D eigenvalue weighted by Crippen LogP contribution is -2.20. The molecule has 0 heterocycles. The van der Waals surface area contributed by atoms with E-state index in [1.54, 1.807) is 18.2 Å². The predicted molar refractivity (Wildman–Crippen MR) is 110 cm³/mol. The molecule has 0 atom stereocenters. The number of unbranched alkanes of at least 4 members (excludes halogenated alkanes) is 2. The summed E-state index contributed by atoms with van der Waals surface area (Å²) in [6.45, 7) is 2.72. The second-order valence-electron chi connectivity index (χ2n) is 5.99. The molecule has 0 aromatic heterocycles. The van der Waals surface area contributed by atoms with Crippen LogP contribution in [0.4, 0.5) is 11.4 Å². The first-order valence-corrected chi connectivity index (χ1v) is 9.46. The molecule has 0 bridgehead atoms. The van der Waals surface area contributed by atoms with Crippen molar-refractivity contribution in [2.24, 2.45) is 0 Å². The Balaban J connectivity index is 2.44. The maximum absolute atomic E-state index is 11.3. The Morgan fingerprint density at radius 3 is 2.42 bits per heavy atom. The fraction of sp³-hybridized carbons (Fsp3) is 0.286. The van der Waals surface area contributed by atoms with Crippen LogP contribution in [0.5, 0.6) is 0 Å². The van der Waals surface area contributed by atoms with Crippen molar-refractivity contribution in [1.29, 1.82) is 0 Å². The lowest BCUT2D eigenvalue weighted by atomic mass is 10.1. The predicted octanol–water partition coefficient (Wildman–Crippen LogP) is 6.51. The minimum Gasteiger partial charge on any atom is -0.481 e. The number of aliphatic carboxylic acids is 1. The first-order valence-electron chi connectivity index (χ1n) is 8.70. The molecule has 2 rings (SSSR count). The molecule has 0 saturated carbocycles. The van der Waals surface area contributed by atoms with Crippen LogP contribution >= 0.6 is 23.2 Å². The topological polar surface area (TPSA) is 40.5 Å². The molecule has 5 heteroatoms. The Kier molecular flexibility index (Phi) is 8.02. The summed E-state index contributed by atoms with van der Waals surface area (Å²) in [4.78, 5) is 13.2. The van der Waals surface area contributed by atoms with Crippen LogP contribution < -0.4 is 4.90 Å². The highest BCUT2D eigenvalue weighted by atomic mass is 35.5. The van der Waals surface area contributed by atoms with Crippen LogP contribution in [0.25, 0.3) is 0 Å². The number of halogens is 2. The van der Waals surface area contributed by atoms with Crippen LogP contribution in [0.15, 0.2) is 54.6 Å². The number of hydrogen-bond acceptors (Lipinski definition) is 2. The molecule has 2 aromatic rings. The van der Waals surface area contributed by atoms with Crippen molar-refractivity contribution < 1.29 is 9.90 Å². The van der Waals surface area contributed by atoms with Gasteiger partial charge in [0.05, 0.1) is 22.2 Å². The molecular formula is C21H23Cl2NO2. The third-order valence-electron chi connectivity index (χ3n) is 4.01. The lowest BCUT2D eigenvalue weighted by Gasteiger charge is -2.27. The molecule has 0 unspecified atom stereocenters. The van der Waals surface area contributed by atoms with Crippen LogP contribution in [-0.2, 0) is 11.2 Å². The minimum atomic E-state index is -0.874. The number of carbonyl (C=O) groups is 1. The summed E-state index contributed by atoms with van der Waals surface area (Å²) in [5.41, 5.74) is 2.21. The molecule has 0 fully saturated rings. The van der Waals surface area contributed by atoms with Crippen molar-refractivity contribution in [1.82, 2.24) is 0 Å². The Labute approximate surface area is 164 Å². The second kappa shape index (κ2) is 10.2. The van der Waals surface area contributed by atoms with E-state index >= 15 is 0 Å². The molecule has 1 N–H and O–H groups in total. The molecule has 0 radical (unpaired) electrons. The number of allylic oxidation sites excluding steroid dienone is 1. The summed E-state index contributed by atoms with van der Waals surface area (Å²) < 4.78 is 0. The molecule has 3 nitrogen and oxygen atoms in total. The van der Waals surface area contributed by atoms with Gasteiger partial charge in [0.15, 0.2) is 0 Å². The number of nitrogens with zero attached hydrogens (tertiary/aromatic N) is 1. The molecule has 0 aliphatic heterocycles. The molecular weight excluding hydrogens is 369 g/mol. The Morgan fingerprint density at radius 1 is 1.08 bits per heavy atom. The maximum atomic E-state index is 11.3. The first kappa shape index (κ1) is 20.3. The van der Waals surface area contributed by atoms with Crippen LogP contribution in [0.3, 0.4) is 0 Å². The van der Waals surface area contributed by atoms with Gasteiger partial charge in [0.2, 0.25) is 0 Å². The van der Waals surface area contributed by atoms with Gasteiger partial charge in [0.1, 0.15) is 0 Å². The summed E-state index contributed by atoms with van der Waals surface area (Å²) >= 11 is 12.9. The summed E-state index contributed by atoms with van der Waals surface area (Å²) in [6.07, 6.45) is 7.45. The van der Waals surface area contributed by atoms with E-state index in [-0.39, 0.29) is 6.42 Å². The number of carboxylic acids is 1. The van der Waals surface area contributed by atoms with Crippen LogP contribution in [0.2, 0.25) is 10.0 Å². The zero-order chi connectivity index (χ0) is 18.9. The molecule has 0 saturated heterocycles. The van der Waals surface area contributed by atoms with Gasteiger partial charge in [-0.25, -0.2) is 0 Å². The number of benzene rings is 2. The largest absolute Gasteiger partial charge is 0.481 e. The third kappa shape index (κ3) is 5.52. The zero-order valence-electron chi connectivity index (χ0n) is 14.8. The quantitative estimate of drug-likeness (QED) is 0.391. The number of para-hydroxylation sites is 2. The molecule has 0 aliphatic rings. The van der Waals surface area contributed by atoms with Crippen LogP contribution in [-0.4, -0.2) is 17.6 Å². The van der Waals surface area contributed by atoms with Gasteiger partial charge in [-0.2, -0.15) is 0 Å². The monoisotopic (exact) mass is 391 g/mol. The number of hydrogen-bond donors (Lipinski definition) is 1. The Bertz CT molecular complexity index is 754. The maximum Gasteiger partial charge on any atom is 0.307 e. The Hall–Kier alpha value is -1.97. The van der Waals surface area contributed by atoms with Crippen molar-refractivity contribution >= 4 is 40.5 Å². The normalized spacial score (nSPS) is 11.0. The molecule has 0 amide bonds. The van der Waals surface area contributed by atoms with Crippen molar-refractivity contribution in [3.63, 3.8) is 0 Å². The van der Waals surface area contributed by atoms with Gasteiger partial charge in [0.25, 0.3) is 0 Å². The fourth-order valence-corrected chi connectivity index (χ4v) is 3.36. The van der Waals surface area contributed by atoms with E-state index in [1.165, 1.54) is 0 Å². The summed E-state index contributed by atoms with van der Waals surface area (Å²) in [7, 11) is 0. The van der Waals surface area contributed by atoms with Gasteiger partial charge in [-0.05, 0) is 30.2 Å². The molecule has 138 valence electrons. The Morgan fingerprint density at radius 2 is 1.77 bits per heavy atom. The van der Waals surface area contributed by atoms with Gasteiger partial charge < -0.3 is 10.0 Å². The van der Waals surface area contributed by atoms with Gasteiger partial charge in [-0.1, -0.05) is 79.4 Å². The van der Waals surface area contributed by atoms with Gasteiger partial charge in [-0.15, -0.1) is 0 Å². The fourth-order valence-electron chi connectivity index (χ4n) is 2.76. The minimum absolute atomic E-state index is 0.0612. The molecule has 0 aliphatic carbocycles. The third-order valence-corrected chi connectivity index (χ3v) is 4.62. The second-order valence-corrected chi connectivity index (χ2v) is 6.81. The average molecular weight is 392 g/mol. The van der Waals surface area contributed by atoms with Gasteiger partial charge in [-0.3, -0.25) is 4.79 Å².